The van der Waals surface area contributed by atoms with Crippen molar-refractivity contribution in [2.24, 2.45) is 5.73 Å². The molecule has 0 radical (unpaired) electrons. The van der Waals surface area contributed by atoms with Crippen molar-refractivity contribution in [3.05, 3.63) is 33.3 Å². The van der Waals surface area contributed by atoms with Gasteiger partial charge < -0.3 is 5.73 Å². The quantitative estimate of drug-likeness (QED) is 0.611. The first-order valence-electron chi connectivity index (χ1n) is 5.42. The average molecular weight is 322 g/mol. The number of nitro benzene ring substituents is 1. The zero-order valence-corrected chi connectivity index (χ0v) is 12.0. The molecule has 0 aromatic heterocycles. The molecule has 0 fully saturated rings. The molecule has 0 aliphatic heterocycles. The topological polar surface area (TPSA) is 124 Å². The monoisotopic (exact) mass is 321 g/mol. The van der Waals surface area contributed by atoms with E-state index < -0.39 is 33.1 Å². The second-order valence-corrected chi connectivity index (χ2v) is 6.11. The fourth-order valence-electron chi connectivity index (χ4n) is 1.48. The molecule has 110 valence electrons. The second kappa shape index (κ2) is 6.16. The number of sulfonamides is 1. The highest BCUT2D eigenvalue weighted by Gasteiger charge is 2.27. The highest BCUT2D eigenvalue weighted by molar-refractivity contribution is 7.89. The SMILES string of the molecule is CCN(CC(N)=O)S(=O)(=O)c1ccc(Cl)c([N+](=O)[O-])c1. The van der Waals surface area contributed by atoms with Crippen LogP contribution in [0.5, 0.6) is 0 Å². The van der Waals surface area contributed by atoms with Crippen molar-refractivity contribution in [2.45, 2.75) is 11.8 Å². The normalized spacial score (nSPS) is 11.6. The number of nitro groups is 1. The Morgan fingerprint density at radius 1 is 1.50 bits per heavy atom. The van der Waals surface area contributed by atoms with Crippen molar-refractivity contribution < 1.29 is 18.1 Å². The average Bonchev–Trinajstić information content (AvgIpc) is 2.35. The zero-order chi connectivity index (χ0) is 15.5. The maximum Gasteiger partial charge on any atom is 0.289 e. The molecule has 0 heterocycles. The molecule has 1 aromatic rings. The van der Waals surface area contributed by atoms with Crippen LogP contribution >= 0.6 is 11.6 Å². The van der Waals surface area contributed by atoms with Gasteiger partial charge in [-0.05, 0) is 12.1 Å². The maximum absolute atomic E-state index is 12.2. The summed E-state index contributed by atoms with van der Waals surface area (Å²) in [5.41, 5.74) is 4.45. The van der Waals surface area contributed by atoms with Gasteiger partial charge in [0.05, 0.1) is 16.4 Å². The van der Waals surface area contributed by atoms with Crippen molar-refractivity contribution in [3.63, 3.8) is 0 Å². The number of nitrogens with zero attached hydrogens (tertiary/aromatic N) is 2. The smallest absolute Gasteiger partial charge is 0.289 e. The third-order valence-electron chi connectivity index (χ3n) is 2.44. The highest BCUT2D eigenvalue weighted by Crippen LogP contribution is 2.28. The second-order valence-electron chi connectivity index (χ2n) is 3.77. The fourth-order valence-corrected chi connectivity index (χ4v) is 3.10. The molecule has 0 saturated carbocycles. The predicted molar refractivity (Wildman–Crippen MR) is 71.7 cm³/mol. The Bertz CT molecular complexity index is 646. The van der Waals surface area contributed by atoms with Crippen LogP contribution in [0.25, 0.3) is 0 Å². The van der Waals surface area contributed by atoms with Crippen LogP contribution in [-0.2, 0) is 14.8 Å². The minimum absolute atomic E-state index is 0.00168. The summed E-state index contributed by atoms with van der Waals surface area (Å²) in [5.74, 6) is -0.820. The molecule has 0 saturated heterocycles. The van der Waals surface area contributed by atoms with Crippen LogP contribution < -0.4 is 5.73 Å². The molecule has 1 aromatic carbocycles. The third kappa shape index (κ3) is 3.44. The number of primary amides is 1. The number of carbonyl (C=O) groups is 1. The van der Waals surface area contributed by atoms with E-state index >= 15 is 0 Å². The number of amides is 1. The molecule has 1 rings (SSSR count). The fraction of sp³-hybridized carbons (Fsp3) is 0.300. The molecule has 8 nitrogen and oxygen atoms in total. The van der Waals surface area contributed by atoms with Gasteiger partial charge in [-0.25, -0.2) is 8.42 Å². The van der Waals surface area contributed by atoms with Gasteiger partial charge in [-0.2, -0.15) is 4.31 Å². The summed E-state index contributed by atoms with van der Waals surface area (Å²) in [6, 6.07) is 3.10. The van der Waals surface area contributed by atoms with E-state index in [2.05, 4.69) is 0 Å². The van der Waals surface area contributed by atoms with Gasteiger partial charge in [0.1, 0.15) is 5.02 Å². The van der Waals surface area contributed by atoms with E-state index in [-0.39, 0.29) is 16.5 Å². The lowest BCUT2D eigenvalue weighted by molar-refractivity contribution is -0.384. The molecular formula is C10H12ClN3O5S. The van der Waals surface area contributed by atoms with Crippen molar-refractivity contribution in [2.75, 3.05) is 13.1 Å². The van der Waals surface area contributed by atoms with E-state index in [0.29, 0.717) is 0 Å². The molecule has 1 amide bonds. The van der Waals surface area contributed by atoms with E-state index in [9.17, 15) is 23.3 Å². The molecule has 0 spiro atoms. The number of rotatable bonds is 6. The summed E-state index contributed by atoms with van der Waals surface area (Å²) >= 11 is 5.61. The van der Waals surface area contributed by atoms with E-state index in [1.807, 2.05) is 0 Å². The maximum atomic E-state index is 12.2. The lowest BCUT2D eigenvalue weighted by atomic mass is 10.3. The van der Waals surface area contributed by atoms with Crippen molar-refractivity contribution in [1.29, 1.82) is 0 Å². The minimum atomic E-state index is -4.05. The van der Waals surface area contributed by atoms with Gasteiger partial charge in [0.25, 0.3) is 5.69 Å². The molecule has 10 heteroatoms. The van der Waals surface area contributed by atoms with Crippen molar-refractivity contribution >= 4 is 33.2 Å². The molecule has 0 unspecified atom stereocenters. The Kier molecular flexibility index (Phi) is 5.03. The van der Waals surface area contributed by atoms with Crippen LogP contribution in [0.3, 0.4) is 0 Å². The lowest BCUT2D eigenvalue weighted by Gasteiger charge is -2.18. The standard InChI is InChI=1S/C10H12ClN3O5S/c1-2-13(6-10(12)15)20(18,19)7-3-4-8(11)9(5-7)14(16)17/h3-5H,2,6H2,1H3,(H2,12,15). The minimum Gasteiger partial charge on any atom is -0.369 e. The molecule has 0 atom stereocenters. The van der Waals surface area contributed by atoms with E-state index in [1.54, 1.807) is 0 Å². The highest BCUT2D eigenvalue weighted by atomic mass is 35.5. The summed E-state index contributed by atoms with van der Waals surface area (Å²) in [6.45, 7) is 1.02. The van der Waals surface area contributed by atoms with E-state index in [1.165, 1.54) is 6.92 Å². The number of hydrogen-bond acceptors (Lipinski definition) is 5. The molecule has 0 aliphatic rings. The predicted octanol–water partition coefficient (Wildman–Crippen LogP) is 0.744. The van der Waals surface area contributed by atoms with Crippen LogP contribution in [0, 0.1) is 10.1 Å². The summed E-state index contributed by atoms with van der Waals surface area (Å²) < 4.78 is 25.3. The van der Waals surface area contributed by atoms with Gasteiger partial charge in [0.2, 0.25) is 15.9 Å². The van der Waals surface area contributed by atoms with Crippen molar-refractivity contribution in [1.82, 2.24) is 4.31 Å². The number of benzene rings is 1. The van der Waals surface area contributed by atoms with Gasteiger partial charge in [-0.3, -0.25) is 14.9 Å². The van der Waals surface area contributed by atoms with E-state index in [4.69, 9.17) is 17.3 Å². The first kappa shape index (κ1) is 16.3. The molecule has 2 N–H and O–H groups in total. The Morgan fingerprint density at radius 2 is 2.10 bits per heavy atom. The Hall–Kier alpha value is -1.71. The summed E-state index contributed by atoms with van der Waals surface area (Å²) in [7, 11) is -4.05. The zero-order valence-electron chi connectivity index (χ0n) is 10.4. The summed E-state index contributed by atoms with van der Waals surface area (Å²) in [5, 5.41) is 10.6. The van der Waals surface area contributed by atoms with Crippen LogP contribution in [0.4, 0.5) is 5.69 Å². The summed E-state index contributed by atoms with van der Waals surface area (Å²) in [4.78, 5) is 20.5. The lowest BCUT2D eigenvalue weighted by Crippen LogP contribution is -2.38. The van der Waals surface area contributed by atoms with Gasteiger partial charge in [0.15, 0.2) is 0 Å². The van der Waals surface area contributed by atoms with Crippen molar-refractivity contribution in [3.8, 4) is 0 Å². The number of likely N-dealkylation sites (N-methyl/N-ethyl adjacent to an activating group) is 1. The Morgan fingerprint density at radius 3 is 2.55 bits per heavy atom. The van der Waals surface area contributed by atoms with Gasteiger partial charge in [0, 0.05) is 12.6 Å². The number of carbonyl (C=O) groups excluding carboxylic acids is 1. The summed E-state index contributed by atoms with van der Waals surface area (Å²) in [6.07, 6.45) is 0. The van der Waals surface area contributed by atoms with Crippen LogP contribution in [0.1, 0.15) is 6.92 Å². The van der Waals surface area contributed by atoms with Gasteiger partial charge in [-0.15, -0.1) is 0 Å². The Labute approximate surface area is 120 Å². The van der Waals surface area contributed by atoms with Gasteiger partial charge >= 0.3 is 0 Å². The largest absolute Gasteiger partial charge is 0.369 e. The van der Waals surface area contributed by atoms with Crippen LogP contribution in [-0.4, -0.2) is 36.6 Å². The van der Waals surface area contributed by atoms with Crippen LogP contribution in [0.2, 0.25) is 5.02 Å². The molecule has 20 heavy (non-hydrogen) atoms. The molecular weight excluding hydrogens is 310 g/mol. The first-order valence-corrected chi connectivity index (χ1v) is 7.24. The van der Waals surface area contributed by atoms with E-state index in [0.717, 1.165) is 22.5 Å². The van der Waals surface area contributed by atoms with Gasteiger partial charge in [-0.1, -0.05) is 18.5 Å². The third-order valence-corrected chi connectivity index (χ3v) is 4.67. The number of hydrogen-bond donors (Lipinski definition) is 1. The Balaban J connectivity index is 3.31. The number of nitrogens with two attached hydrogens (primary N) is 1. The first-order chi connectivity index (χ1) is 9.20. The number of halogens is 1. The van der Waals surface area contributed by atoms with Crippen LogP contribution in [0.15, 0.2) is 23.1 Å². The molecule has 0 aliphatic carbocycles. The molecule has 0 bridgehead atoms.